The maximum absolute atomic E-state index is 12.9. The van der Waals surface area contributed by atoms with E-state index in [0.29, 0.717) is 13.2 Å². The highest BCUT2D eigenvalue weighted by molar-refractivity contribution is 5.82. The Labute approximate surface area is 159 Å². The summed E-state index contributed by atoms with van der Waals surface area (Å²) in [6.07, 6.45) is 5.94. The SMILES string of the molecule is COCCNC(=O)[C@H]1Cc2ccccc2N2CCN(c3cnccn3)C[C@H]12. The van der Waals surface area contributed by atoms with Crippen molar-refractivity contribution in [3.63, 3.8) is 0 Å². The van der Waals surface area contributed by atoms with Crippen LogP contribution in [0.3, 0.4) is 0 Å². The molecule has 0 aliphatic carbocycles. The molecule has 1 aromatic heterocycles. The van der Waals surface area contributed by atoms with Crippen LogP contribution >= 0.6 is 0 Å². The highest BCUT2D eigenvalue weighted by atomic mass is 16.5. The number of nitrogens with zero attached hydrogens (tertiary/aromatic N) is 4. The van der Waals surface area contributed by atoms with Crippen LogP contribution in [0, 0.1) is 5.92 Å². The zero-order chi connectivity index (χ0) is 18.6. The molecule has 0 bridgehead atoms. The summed E-state index contributed by atoms with van der Waals surface area (Å²) >= 11 is 0. The number of amides is 1. The molecule has 1 amide bonds. The number of methoxy groups -OCH3 is 1. The standard InChI is InChI=1S/C20H25N5O2/c1-27-11-8-23-20(26)16-12-15-4-2-3-5-17(15)25-10-9-24(14-18(16)25)19-13-21-6-7-22-19/h2-7,13,16,18H,8-12,14H2,1H3,(H,23,26)/t16-,18+/m0/s1. The predicted octanol–water partition coefficient (Wildman–Crippen LogP) is 1.11. The van der Waals surface area contributed by atoms with Gasteiger partial charge in [-0.1, -0.05) is 18.2 Å². The number of para-hydroxylation sites is 1. The highest BCUT2D eigenvalue weighted by Gasteiger charge is 2.41. The number of fused-ring (bicyclic) bond motifs is 3. The highest BCUT2D eigenvalue weighted by Crippen LogP contribution is 2.36. The van der Waals surface area contributed by atoms with Gasteiger partial charge in [0.2, 0.25) is 5.91 Å². The smallest absolute Gasteiger partial charge is 0.225 e. The van der Waals surface area contributed by atoms with Crippen LogP contribution in [-0.4, -0.2) is 61.8 Å². The van der Waals surface area contributed by atoms with E-state index < -0.39 is 0 Å². The van der Waals surface area contributed by atoms with Crippen LogP contribution < -0.4 is 15.1 Å². The summed E-state index contributed by atoms with van der Waals surface area (Å²) in [6, 6.07) is 8.53. The lowest BCUT2D eigenvalue weighted by molar-refractivity contribution is -0.126. The molecule has 2 aromatic rings. The number of ether oxygens (including phenoxy) is 1. The molecule has 27 heavy (non-hydrogen) atoms. The number of piperazine rings is 1. The van der Waals surface area contributed by atoms with Crippen molar-refractivity contribution in [1.82, 2.24) is 15.3 Å². The van der Waals surface area contributed by atoms with Gasteiger partial charge in [0.15, 0.2) is 0 Å². The maximum Gasteiger partial charge on any atom is 0.225 e. The van der Waals surface area contributed by atoms with Crippen LogP contribution in [0.25, 0.3) is 0 Å². The Morgan fingerprint density at radius 1 is 1.30 bits per heavy atom. The molecule has 2 atom stereocenters. The Balaban J connectivity index is 1.59. The van der Waals surface area contributed by atoms with Crippen molar-refractivity contribution in [2.75, 3.05) is 49.7 Å². The Bertz CT molecular complexity index is 785. The summed E-state index contributed by atoms with van der Waals surface area (Å²) in [6.45, 7) is 3.54. The van der Waals surface area contributed by atoms with Crippen LogP contribution in [0.1, 0.15) is 5.56 Å². The van der Waals surface area contributed by atoms with E-state index in [2.05, 4.69) is 49.4 Å². The number of carbonyl (C=O) groups excluding carboxylic acids is 1. The summed E-state index contributed by atoms with van der Waals surface area (Å²) in [4.78, 5) is 26.2. The van der Waals surface area contributed by atoms with Crippen LogP contribution in [-0.2, 0) is 16.0 Å². The Morgan fingerprint density at radius 2 is 2.19 bits per heavy atom. The third kappa shape index (κ3) is 3.60. The first-order valence-electron chi connectivity index (χ1n) is 9.40. The van der Waals surface area contributed by atoms with Crippen molar-refractivity contribution in [1.29, 1.82) is 0 Å². The van der Waals surface area contributed by atoms with E-state index >= 15 is 0 Å². The molecule has 0 spiro atoms. The van der Waals surface area contributed by atoms with Crippen LogP contribution in [0.15, 0.2) is 42.9 Å². The molecule has 142 valence electrons. The minimum Gasteiger partial charge on any atom is -0.383 e. The Hall–Kier alpha value is -2.67. The largest absolute Gasteiger partial charge is 0.383 e. The van der Waals surface area contributed by atoms with Crippen molar-refractivity contribution < 1.29 is 9.53 Å². The summed E-state index contributed by atoms with van der Waals surface area (Å²) in [5.41, 5.74) is 2.50. The molecular weight excluding hydrogens is 342 g/mol. The monoisotopic (exact) mass is 367 g/mol. The fraction of sp³-hybridized carbons (Fsp3) is 0.450. The molecular formula is C20H25N5O2. The minimum atomic E-state index is -0.101. The lowest BCUT2D eigenvalue weighted by atomic mass is 9.83. The first-order valence-corrected chi connectivity index (χ1v) is 9.40. The third-order valence-electron chi connectivity index (χ3n) is 5.44. The van der Waals surface area contributed by atoms with Crippen molar-refractivity contribution in [3.8, 4) is 0 Å². The van der Waals surface area contributed by atoms with Crippen molar-refractivity contribution in [2.24, 2.45) is 5.92 Å². The number of anilines is 2. The lowest BCUT2D eigenvalue weighted by Crippen LogP contribution is -2.61. The molecule has 7 nitrogen and oxygen atoms in total. The lowest BCUT2D eigenvalue weighted by Gasteiger charge is -2.49. The van der Waals surface area contributed by atoms with Gasteiger partial charge >= 0.3 is 0 Å². The van der Waals surface area contributed by atoms with Gasteiger partial charge in [-0.25, -0.2) is 4.98 Å². The minimum absolute atomic E-state index is 0.0950. The maximum atomic E-state index is 12.9. The van der Waals surface area contributed by atoms with Crippen LogP contribution in [0.2, 0.25) is 0 Å². The Kier molecular flexibility index (Phi) is 5.20. The second-order valence-electron chi connectivity index (χ2n) is 6.99. The number of hydrogen-bond donors (Lipinski definition) is 1. The van der Waals surface area contributed by atoms with E-state index in [9.17, 15) is 4.79 Å². The van der Waals surface area contributed by atoms with Gasteiger partial charge in [-0.15, -0.1) is 0 Å². The number of nitrogens with one attached hydrogen (secondary N) is 1. The molecule has 0 saturated carbocycles. The zero-order valence-corrected chi connectivity index (χ0v) is 15.5. The summed E-state index contributed by atoms with van der Waals surface area (Å²) in [7, 11) is 1.64. The first kappa shape index (κ1) is 17.7. The predicted molar refractivity (Wildman–Crippen MR) is 104 cm³/mol. The molecule has 2 aliphatic rings. The molecule has 2 aliphatic heterocycles. The summed E-state index contributed by atoms with van der Waals surface area (Å²) < 4.78 is 5.07. The van der Waals surface area contributed by atoms with Gasteiger partial charge in [-0.3, -0.25) is 9.78 Å². The third-order valence-corrected chi connectivity index (χ3v) is 5.44. The molecule has 0 radical (unpaired) electrons. The van der Waals surface area contributed by atoms with Crippen molar-refractivity contribution in [3.05, 3.63) is 48.4 Å². The van der Waals surface area contributed by atoms with Crippen molar-refractivity contribution in [2.45, 2.75) is 12.5 Å². The first-order chi connectivity index (χ1) is 13.3. The van der Waals surface area contributed by atoms with Gasteiger partial charge in [0.05, 0.1) is 24.8 Å². The Morgan fingerprint density at radius 3 is 3.00 bits per heavy atom. The second-order valence-corrected chi connectivity index (χ2v) is 6.99. The number of benzene rings is 1. The van der Waals surface area contributed by atoms with Gasteiger partial charge in [0.1, 0.15) is 5.82 Å². The van der Waals surface area contributed by atoms with Gasteiger partial charge in [0, 0.05) is 51.4 Å². The second kappa shape index (κ2) is 7.92. The molecule has 0 unspecified atom stereocenters. The van der Waals surface area contributed by atoms with E-state index in [0.717, 1.165) is 31.9 Å². The molecule has 4 rings (SSSR count). The molecule has 1 saturated heterocycles. The average molecular weight is 367 g/mol. The number of aromatic nitrogens is 2. The fourth-order valence-corrected chi connectivity index (χ4v) is 4.13. The van der Waals surface area contributed by atoms with E-state index in [1.54, 1.807) is 25.7 Å². The fourth-order valence-electron chi connectivity index (χ4n) is 4.13. The molecule has 1 fully saturated rings. The molecule has 1 aromatic carbocycles. The summed E-state index contributed by atoms with van der Waals surface area (Å²) in [5, 5.41) is 3.03. The van der Waals surface area contributed by atoms with E-state index in [1.165, 1.54) is 11.3 Å². The van der Waals surface area contributed by atoms with E-state index in [4.69, 9.17) is 4.74 Å². The number of carbonyl (C=O) groups is 1. The number of hydrogen-bond acceptors (Lipinski definition) is 6. The van der Waals surface area contributed by atoms with Gasteiger partial charge in [-0.05, 0) is 18.1 Å². The van der Waals surface area contributed by atoms with Gasteiger partial charge in [0.25, 0.3) is 0 Å². The average Bonchev–Trinajstić information content (AvgIpc) is 2.73. The summed E-state index contributed by atoms with van der Waals surface area (Å²) in [5.74, 6) is 0.864. The van der Waals surface area contributed by atoms with Crippen LogP contribution in [0.5, 0.6) is 0 Å². The van der Waals surface area contributed by atoms with Gasteiger partial charge < -0.3 is 19.9 Å². The van der Waals surface area contributed by atoms with Gasteiger partial charge in [-0.2, -0.15) is 0 Å². The normalized spacial score (nSPS) is 21.4. The molecule has 1 N–H and O–H groups in total. The van der Waals surface area contributed by atoms with E-state index in [-0.39, 0.29) is 17.9 Å². The topological polar surface area (TPSA) is 70.6 Å². The zero-order valence-electron chi connectivity index (χ0n) is 15.5. The molecule has 3 heterocycles. The quantitative estimate of drug-likeness (QED) is 0.799. The van der Waals surface area contributed by atoms with Crippen molar-refractivity contribution >= 4 is 17.4 Å². The number of rotatable bonds is 5. The molecule has 7 heteroatoms. The van der Waals surface area contributed by atoms with E-state index in [1.807, 2.05) is 0 Å². The van der Waals surface area contributed by atoms with Crippen LogP contribution in [0.4, 0.5) is 11.5 Å².